The molecule has 0 spiro atoms. The van der Waals surface area contributed by atoms with E-state index in [-0.39, 0.29) is 17.4 Å². The van der Waals surface area contributed by atoms with Gasteiger partial charge in [-0.15, -0.1) is 0 Å². The van der Waals surface area contributed by atoms with E-state index >= 15 is 0 Å². The van der Waals surface area contributed by atoms with Crippen LogP contribution in [0.2, 0.25) is 0 Å². The van der Waals surface area contributed by atoms with Crippen LogP contribution in [0.5, 0.6) is 0 Å². The Hall–Kier alpha value is -1.63. The van der Waals surface area contributed by atoms with Gasteiger partial charge in [0.05, 0.1) is 16.9 Å². The molecule has 0 aliphatic carbocycles. The molecule has 1 aromatic heterocycles. The number of aromatic nitrogens is 2. The van der Waals surface area contributed by atoms with Crippen molar-refractivity contribution in [2.75, 3.05) is 6.61 Å². The molecule has 5 nitrogen and oxygen atoms in total. The first-order valence-corrected chi connectivity index (χ1v) is 9.49. The fourth-order valence-corrected chi connectivity index (χ4v) is 3.45. The highest BCUT2D eigenvalue weighted by Gasteiger charge is 2.53. The Morgan fingerprint density at radius 3 is 2.35 bits per heavy atom. The maximum Gasteiger partial charge on any atom is 0.498 e. The number of hydrogen-bond acceptors (Lipinski definition) is 4. The van der Waals surface area contributed by atoms with Crippen molar-refractivity contribution in [2.24, 2.45) is 0 Å². The van der Waals surface area contributed by atoms with Gasteiger partial charge in [-0.3, -0.25) is 0 Å². The molecule has 2 aliphatic rings. The fourth-order valence-electron chi connectivity index (χ4n) is 3.45. The van der Waals surface area contributed by atoms with Gasteiger partial charge in [0.15, 0.2) is 0 Å². The van der Waals surface area contributed by atoms with Gasteiger partial charge >= 0.3 is 7.12 Å². The summed E-state index contributed by atoms with van der Waals surface area (Å²) in [6.07, 6.45) is 5.30. The van der Waals surface area contributed by atoms with Crippen molar-refractivity contribution in [1.82, 2.24) is 9.78 Å². The molecule has 0 radical (unpaired) electrons. The Morgan fingerprint density at radius 2 is 1.73 bits per heavy atom. The molecule has 0 N–H and O–H groups in total. The molecule has 1 atom stereocenters. The third kappa shape index (κ3) is 3.11. The molecule has 2 aromatic rings. The van der Waals surface area contributed by atoms with Crippen LogP contribution in [0.1, 0.15) is 53.2 Å². The summed E-state index contributed by atoms with van der Waals surface area (Å²) < 4.78 is 20.5. The van der Waals surface area contributed by atoms with Gasteiger partial charge in [0, 0.05) is 23.8 Å². The van der Waals surface area contributed by atoms with Gasteiger partial charge in [-0.1, -0.05) is 30.3 Å². The lowest BCUT2D eigenvalue weighted by molar-refractivity contribution is -0.0393. The third-order valence-corrected chi connectivity index (χ3v) is 5.77. The van der Waals surface area contributed by atoms with Crippen LogP contribution in [0.3, 0.4) is 0 Å². The van der Waals surface area contributed by atoms with Crippen LogP contribution in [-0.4, -0.2) is 34.7 Å². The summed E-state index contributed by atoms with van der Waals surface area (Å²) in [5.41, 5.74) is 2.17. The largest absolute Gasteiger partial charge is 0.498 e. The van der Waals surface area contributed by atoms with Gasteiger partial charge in [0.25, 0.3) is 0 Å². The summed E-state index contributed by atoms with van der Waals surface area (Å²) in [4.78, 5) is 0. The SMILES string of the molecule is CC1(C)OB(c2cn(C3CCCCO3)nc2-c2ccccc2)OC1(C)C. The van der Waals surface area contributed by atoms with E-state index < -0.39 is 7.12 Å². The zero-order valence-corrected chi connectivity index (χ0v) is 16.1. The van der Waals surface area contributed by atoms with Crippen molar-refractivity contribution in [2.45, 2.75) is 64.4 Å². The van der Waals surface area contributed by atoms with Crippen LogP contribution in [-0.2, 0) is 14.0 Å². The van der Waals surface area contributed by atoms with Crippen LogP contribution in [0.25, 0.3) is 11.3 Å². The minimum atomic E-state index is -0.437. The molecular formula is C20H27BN2O3. The lowest BCUT2D eigenvalue weighted by Gasteiger charge is -2.32. The van der Waals surface area contributed by atoms with Gasteiger partial charge in [-0.25, -0.2) is 4.68 Å². The van der Waals surface area contributed by atoms with Gasteiger partial charge in [0.1, 0.15) is 6.23 Å². The molecule has 0 amide bonds. The summed E-state index contributed by atoms with van der Waals surface area (Å²) in [6.45, 7) is 9.08. The highest BCUT2D eigenvalue weighted by atomic mass is 16.7. The predicted molar refractivity (Wildman–Crippen MR) is 102 cm³/mol. The van der Waals surface area contributed by atoms with Crippen molar-refractivity contribution in [3.8, 4) is 11.3 Å². The molecule has 0 saturated carbocycles. The van der Waals surface area contributed by atoms with Crippen molar-refractivity contribution < 1.29 is 14.0 Å². The van der Waals surface area contributed by atoms with E-state index in [1.807, 2.05) is 29.1 Å². The van der Waals surface area contributed by atoms with Crippen LogP contribution in [0.15, 0.2) is 36.5 Å². The van der Waals surface area contributed by atoms with Crippen LogP contribution in [0, 0.1) is 0 Å². The Balaban J connectivity index is 1.74. The van der Waals surface area contributed by atoms with E-state index in [0.29, 0.717) is 0 Å². The second-order valence-corrected chi connectivity index (χ2v) is 8.19. The van der Waals surface area contributed by atoms with E-state index in [0.717, 1.165) is 42.6 Å². The van der Waals surface area contributed by atoms with Gasteiger partial charge in [-0.2, -0.15) is 5.10 Å². The van der Waals surface area contributed by atoms with E-state index in [1.165, 1.54) is 0 Å². The van der Waals surface area contributed by atoms with E-state index in [4.69, 9.17) is 19.1 Å². The predicted octanol–water partition coefficient (Wildman–Crippen LogP) is 3.55. The van der Waals surface area contributed by atoms with Gasteiger partial charge < -0.3 is 14.0 Å². The summed E-state index contributed by atoms with van der Waals surface area (Å²) in [7, 11) is -0.437. The van der Waals surface area contributed by atoms with Crippen molar-refractivity contribution in [3.63, 3.8) is 0 Å². The minimum absolute atomic E-state index is 0.0117. The lowest BCUT2D eigenvalue weighted by Crippen LogP contribution is -2.41. The highest BCUT2D eigenvalue weighted by molar-refractivity contribution is 6.63. The molecule has 2 fully saturated rings. The van der Waals surface area contributed by atoms with Gasteiger partial charge in [-0.05, 0) is 47.0 Å². The van der Waals surface area contributed by atoms with E-state index in [2.05, 4.69) is 39.8 Å². The lowest BCUT2D eigenvalue weighted by atomic mass is 9.78. The first-order valence-electron chi connectivity index (χ1n) is 9.49. The van der Waals surface area contributed by atoms with E-state index in [1.54, 1.807) is 0 Å². The fraction of sp³-hybridized carbons (Fsp3) is 0.550. The Morgan fingerprint density at radius 1 is 1.04 bits per heavy atom. The number of rotatable bonds is 3. The molecule has 138 valence electrons. The Labute approximate surface area is 155 Å². The van der Waals surface area contributed by atoms with E-state index in [9.17, 15) is 0 Å². The molecule has 6 heteroatoms. The maximum absolute atomic E-state index is 6.30. The Bertz CT molecular complexity index is 751. The average molecular weight is 354 g/mol. The standard InChI is InChI=1S/C20H27BN2O3/c1-19(2)20(3,4)26-21(25-19)16-14-23(17-12-8-9-13-24-17)22-18(16)15-10-6-5-7-11-15/h5-7,10-11,14,17H,8-9,12-13H2,1-4H3. The average Bonchev–Trinajstić information content (AvgIpc) is 3.16. The summed E-state index contributed by atoms with van der Waals surface area (Å²) in [5.74, 6) is 0. The summed E-state index contributed by atoms with van der Waals surface area (Å²) in [5, 5.41) is 4.88. The molecule has 3 heterocycles. The first-order chi connectivity index (χ1) is 12.4. The molecule has 1 aromatic carbocycles. The van der Waals surface area contributed by atoms with Gasteiger partial charge in [0.2, 0.25) is 0 Å². The summed E-state index contributed by atoms with van der Waals surface area (Å²) in [6, 6.07) is 10.2. The molecule has 1 unspecified atom stereocenters. The number of hydrogen-bond donors (Lipinski definition) is 0. The quantitative estimate of drug-likeness (QED) is 0.791. The molecule has 2 saturated heterocycles. The second kappa shape index (κ2) is 6.52. The number of nitrogens with zero attached hydrogens (tertiary/aromatic N) is 2. The maximum atomic E-state index is 6.30. The number of ether oxygens (including phenoxy) is 1. The van der Waals surface area contributed by atoms with Crippen LogP contribution in [0.4, 0.5) is 0 Å². The smallest absolute Gasteiger partial charge is 0.399 e. The third-order valence-electron chi connectivity index (χ3n) is 5.77. The highest BCUT2D eigenvalue weighted by Crippen LogP contribution is 2.37. The first kappa shape index (κ1) is 17.8. The molecule has 4 rings (SSSR count). The molecule has 2 aliphatic heterocycles. The normalized spacial score (nSPS) is 24.8. The minimum Gasteiger partial charge on any atom is -0.399 e. The van der Waals surface area contributed by atoms with Crippen molar-refractivity contribution >= 4 is 12.6 Å². The second-order valence-electron chi connectivity index (χ2n) is 8.19. The zero-order chi connectivity index (χ0) is 18.4. The van der Waals surface area contributed by atoms with Crippen LogP contribution >= 0.6 is 0 Å². The topological polar surface area (TPSA) is 45.5 Å². The Kier molecular flexibility index (Phi) is 4.45. The molecular weight excluding hydrogens is 327 g/mol. The monoisotopic (exact) mass is 354 g/mol. The van der Waals surface area contributed by atoms with Crippen molar-refractivity contribution in [1.29, 1.82) is 0 Å². The summed E-state index contributed by atoms with van der Waals surface area (Å²) >= 11 is 0. The molecule has 26 heavy (non-hydrogen) atoms. The van der Waals surface area contributed by atoms with Crippen LogP contribution < -0.4 is 5.46 Å². The number of benzene rings is 1. The zero-order valence-electron chi connectivity index (χ0n) is 16.1. The van der Waals surface area contributed by atoms with Crippen molar-refractivity contribution in [3.05, 3.63) is 36.5 Å². The molecule has 0 bridgehead atoms.